The molecule has 1 N–H and O–H groups in total. The molecule has 20 heavy (non-hydrogen) atoms. The molecule has 1 aromatic rings. The normalized spacial score (nSPS) is 22.0. The SMILES string of the molecule is CCC1(C(=O)O)CCCN1c1ccc([N+](=O)[O-])c(C)c1. The molecule has 0 saturated carbocycles. The van der Waals surface area contributed by atoms with Gasteiger partial charge in [-0.3, -0.25) is 10.1 Å². The first-order chi connectivity index (χ1) is 9.42. The summed E-state index contributed by atoms with van der Waals surface area (Å²) in [5.74, 6) is -0.825. The van der Waals surface area contributed by atoms with E-state index in [-0.39, 0.29) is 5.69 Å². The van der Waals surface area contributed by atoms with Crippen LogP contribution in [0.3, 0.4) is 0 Å². The van der Waals surface area contributed by atoms with Gasteiger partial charge in [-0.1, -0.05) is 6.92 Å². The number of nitro benzene ring substituents is 1. The van der Waals surface area contributed by atoms with Crippen molar-refractivity contribution in [2.45, 2.75) is 38.6 Å². The molecule has 108 valence electrons. The number of nitro groups is 1. The minimum Gasteiger partial charge on any atom is -0.479 e. The Kier molecular flexibility index (Phi) is 3.65. The molecule has 0 aliphatic carbocycles. The summed E-state index contributed by atoms with van der Waals surface area (Å²) in [6.07, 6.45) is 1.93. The lowest BCUT2D eigenvalue weighted by Gasteiger charge is -2.35. The predicted octanol–water partition coefficient (Wildman–Crippen LogP) is 2.74. The second kappa shape index (κ2) is 5.11. The molecule has 1 unspecified atom stereocenters. The summed E-state index contributed by atoms with van der Waals surface area (Å²) in [4.78, 5) is 23.9. The molecule has 1 aliphatic heterocycles. The third-order valence-electron chi connectivity index (χ3n) is 4.16. The Morgan fingerprint density at radius 3 is 2.75 bits per heavy atom. The lowest BCUT2D eigenvalue weighted by atomic mass is 9.92. The van der Waals surface area contributed by atoms with E-state index >= 15 is 0 Å². The van der Waals surface area contributed by atoms with Gasteiger partial charge in [0.25, 0.3) is 5.69 Å². The Morgan fingerprint density at radius 1 is 1.55 bits per heavy atom. The quantitative estimate of drug-likeness (QED) is 0.676. The maximum Gasteiger partial charge on any atom is 0.329 e. The van der Waals surface area contributed by atoms with Crippen LogP contribution in [-0.2, 0) is 4.79 Å². The summed E-state index contributed by atoms with van der Waals surface area (Å²) in [7, 11) is 0. The van der Waals surface area contributed by atoms with Crippen molar-refractivity contribution in [2.24, 2.45) is 0 Å². The number of carboxylic acid groups (broad SMARTS) is 1. The first kappa shape index (κ1) is 14.3. The van der Waals surface area contributed by atoms with Crippen LogP contribution < -0.4 is 4.90 Å². The van der Waals surface area contributed by atoms with Crippen LogP contribution in [-0.4, -0.2) is 28.1 Å². The second-order valence-corrected chi connectivity index (χ2v) is 5.17. The summed E-state index contributed by atoms with van der Waals surface area (Å²) in [6.45, 7) is 4.20. The number of anilines is 1. The van der Waals surface area contributed by atoms with Crippen LogP contribution in [0.5, 0.6) is 0 Å². The van der Waals surface area contributed by atoms with Gasteiger partial charge in [-0.05, 0) is 38.3 Å². The van der Waals surface area contributed by atoms with Gasteiger partial charge in [0.2, 0.25) is 0 Å². The molecule has 6 nitrogen and oxygen atoms in total. The fourth-order valence-corrected chi connectivity index (χ4v) is 3.01. The fraction of sp³-hybridized carbons (Fsp3) is 0.500. The van der Waals surface area contributed by atoms with Crippen molar-refractivity contribution in [3.63, 3.8) is 0 Å². The summed E-state index contributed by atoms with van der Waals surface area (Å²) >= 11 is 0. The molecule has 6 heteroatoms. The highest BCUT2D eigenvalue weighted by molar-refractivity contribution is 5.84. The van der Waals surface area contributed by atoms with Gasteiger partial charge in [-0.2, -0.15) is 0 Å². The summed E-state index contributed by atoms with van der Waals surface area (Å²) in [5.41, 5.74) is 0.470. The van der Waals surface area contributed by atoms with Crippen molar-refractivity contribution in [1.82, 2.24) is 0 Å². The number of aryl methyl sites for hydroxylation is 1. The molecule has 0 bridgehead atoms. The highest BCUT2D eigenvalue weighted by Crippen LogP contribution is 2.38. The number of carbonyl (C=O) groups is 1. The van der Waals surface area contributed by atoms with Crippen LogP contribution in [0.2, 0.25) is 0 Å². The van der Waals surface area contributed by atoms with E-state index in [4.69, 9.17) is 0 Å². The predicted molar refractivity (Wildman–Crippen MR) is 75.1 cm³/mol. The molecule has 0 radical (unpaired) electrons. The van der Waals surface area contributed by atoms with E-state index in [2.05, 4.69) is 0 Å². The molecular formula is C14H18N2O4. The molecule has 1 atom stereocenters. The van der Waals surface area contributed by atoms with Crippen molar-refractivity contribution in [3.05, 3.63) is 33.9 Å². The zero-order chi connectivity index (χ0) is 14.9. The van der Waals surface area contributed by atoms with Gasteiger partial charge in [0.15, 0.2) is 0 Å². The average molecular weight is 278 g/mol. The van der Waals surface area contributed by atoms with Gasteiger partial charge in [0, 0.05) is 23.9 Å². The van der Waals surface area contributed by atoms with Crippen LogP contribution in [0, 0.1) is 17.0 Å². The van der Waals surface area contributed by atoms with Gasteiger partial charge in [-0.15, -0.1) is 0 Å². The van der Waals surface area contributed by atoms with Crippen LogP contribution >= 0.6 is 0 Å². The highest BCUT2D eigenvalue weighted by Gasteiger charge is 2.46. The third kappa shape index (κ3) is 2.11. The molecule has 0 spiro atoms. The number of rotatable bonds is 4. The van der Waals surface area contributed by atoms with Crippen molar-refractivity contribution in [2.75, 3.05) is 11.4 Å². The summed E-state index contributed by atoms with van der Waals surface area (Å²) in [6, 6.07) is 4.80. The third-order valence-corrected chi connectivity index (χ3v) is 4.16. The molecule has 1 saturated heterocycles. The maximum atomic E-state index is 11.6. The number of benzene rings is 1. The number of nitrogens with zero attached hydrogens (tertiary/aromatic N) is 2. The van der Waals surface area contributed by atoms with Gasteiger partial charge in [-0.25, -0.2) is 4.79 Å². The highest BCUT2D eigenvalue weighted by atomic mass is 16.6. The van der Waals surface area contributed by atoms with E-state index < -0.39 is 16.4 Å². The van der Waals surface area contributed by atoms with Crippen molar-refractivity contribution in [1.29, 1.82) is 0 Å². The minimum atomic E-state index is -0.886. The lowest BCUT2D eigenvalue weighted by molar-refractivity contribution is -0.385. The summed E-state index contributed by atoms with van der Waals surface area (Å²) in [5, 5.41) is 20.4. The minimum absolute atomic E-state index is 0.0605. The first-order valence-corrected chi connectivity index (χ1v) is 6.68. The topological polar surface area (TPSA) is 83.7 Å². The zero-order valence-corrected chi connectivity index (χ0v) is 11.6. The van der Waals surface area contributed by atoms with Gasteiger partial charge in [0.1, 0.15) is 5.54 Å². The van der Waals surface area contributed by atoms with Gasteiger partial charge >= 0.3 is 5.97 Å². The molecule has 1 fully saturated rings. The molecule has 0 aromatic heterocycles. The van der Waals surface area contributed by atoms with E-state index in [0.29, 0.717) is 24.9 Å². The Morgan fingerprint density at radius 2 is 2.25 bits per heavy atom. The Hall–Kier alpha value is -2.11. The molecule has 1 aromatic carbocycles. The Bertz CT molecular complexity index is 558. The Balaban J connectivity index is 2.43. The second-order valence-electron chi connectivity index (χ2n) is 5.17. The van der Waals surface area contributed by atoms with Gasteiger partial charge < -0.3 is 10.0 Å². The average Bonchev–Trinajstić information content (AvgIpc) is 2.83. The van der Waals surface area contributed by atoms with E-state index in [1.807, 2.05) is 11.8 Å². The smallest absolute Gasteiger partial charge is 0.329 e. The van der Waals surface area contributed by atoms with E-state index in [0.717, 1.165) is 12.1 Å². The van der Waals surface area contributed by atoms with Crippen LogP contribution in [0.15, 0.2) is 18.2 Å². The number of hydrogen-bond donors (Lipinski definition) is 1. The number of carboxylic acids is 1. The van der Waals surface area contributed by atoms with Gasteiger partial charge in [0.05, 0.1) is 4.92 Å². The standard InChI is InChI=1S/C14H18N2O4/c1-3-14(13(17)18)7-4-8-15(14)11-5-6-12(16(19)20)10(2)9-11/h5-6,9H,3-4,7-8H2,1-2H3,(H,17,18). The van der Waals surface area contributed by atoms with Crippen molar-refractivity contribution in [3.8, 4) is 0 Å². The number of hydrogen-bond acceptors (Lipinski definition) is 4. The van der Waals surface area contributed by atoms with E-state index in [9.17, 15) is 20.0 Å². The van der Waals surface area contributed by atoms with Crippen LogP contribution in [0.4, 0.5) is 11.4 Å². The number of aliphatic carboxylic acids is 1. The largest absolute Gasteiger partial charge is 0.479 e. The lowest BCUT2D eigenvalue weighted by Crippen LogP contribution is -2.50. The molecule has 2 rings (SSSR count). The van der Waals surface area contributed by atoms with Crippen LogP contribution in [0.25, 0.3) is 0 Å². The van der Waals surface area contributed by atoms with Crippen molar-refractivity contribution >= 4 is 17.3 Å². The monoisotopic (exact) mass is 278 g/mol. The Labute approximate surface area is 117 Å². The molecule has 1 heterocycles. The molecule has 0 amide bonds. The van der Waals surface area contributed by atoms with Crippen molar-refractivity contribution < 1.29 is 14.8 Å². The maximum absolute atomic E-state index is 11.6. The van der Waals surface area contributed by atoms with E-state index in [1.165, 1.54) is 6.07 Å². The van der Waals surface area contributed by atoms with E-state index in [1.54, 1.807) is 19.1 Å². The van der Waals surface area contributed by atoms with Crippen LogP contribution in [0.1, 0.15) is 31.7 Å². The molecular weight excluding hydrogens is 260 g/mol. The molecule has 1 aliphatic rings. The summed E-state index contributed by atoms with van der Waals surface area (Å²) < 4.78 is 0. The fourth-order valence-electron chi connectivity index (χ4n) is 3.01. The zero-order valence-electron chi connectivity index (χ0n) is 11.6. The first-order valence-electron chi connectivity index (χ1n) is 6.68.